The predicted molar refractivity (Wildman–Crippen MR) is 48.3 cm³/mol. The molecule has 0 amide bonds. The maximum atomic E-state index is 13.2. The topological polar surface area (TPSA) is 60.2 Å². The first-order chi connectivity index (χ1) is 5.99. The third-order valence-corrected chi connectivity index (χ3v) is 2.30. The lowest BCUT2D eigenvalue weighted by Crippen LogP contribution is -2.19. The molecule has 0 fully saturated rings. The number of halogens is 1. The Kier molecular flexibility index (Phi) is 3.00. The maximum Gasteiger partial charge on any atom is 0.212 e. The van der Waals surface area contributed by atoms with Gasteiger partial charge in [0.1, 0.15) is 6.17 Å². The summed E-state index contributed by atoms with van der Waals surface area (Å²) in [6, 6.07) is 8.06. The lowest BCUT2D eigenvalue weighted by atomic mass is 10.1. The Balaban J connectivity index is 2.76. The summed E-state index contributed by atoms with van der Waals surface area (Å²) in [7, 11) is -3.75. The third kappa shape index (κ3) is 3.52. The Morgan fingerprint density at radius 1 is 1.31 bits per heavy atom. The van der Waals surface area contributed by atoms with Crippen LogP contribution in [0, 0.1) is 0 Å². The molecule has 1 atom stereocenters. The minimum atomic E-state index is -3.75. The van der Waals surface area contributed by atoms with Gasteiger partial charge in [0.05, 0.1) is 5.75 Å². The van der Waals surface area contributed by atoms with Gasteiger partial charge in [-0.15, -0.1) is 0 Å². The Labute approximate surface area is 76.4 Å². The van der Waals surface area contributed by atoms with Gasteiger partial charge < -0.3 is 0 Å². The molecule has 0 radical (unpaired) electrons. The number of primary sulfonamides is 1. The zero-order chi connectivity index (χ0) is 9.90. The molecule has 0 aromatic heterocycles. The monoisotopic (exact) mass is 203 g/mol. The van der Waals surface area contributed by atoms with Gasteiger partial charge in [0.2, 0.25) is 10.0 Å². The van der Waals surface area contributed by atoms with Crippen LogP contribution in [-0.4, -0.2) is 14.2 Å². The van der Waals surface area contributed by atoms with E-state index in [4.69, 9.17) is 5.14 Å². The Bertz CT molecular complexity index is 363. The van der Waals surface area contributed by atoms with Crippen LogP contribution in [0.25, 0.3) is 0 Å². The molecule has 0 bridgehead atoms. The van der Waals surface area contributed by atoms with E-state index >= 15 is 0 Å². The highest BCUT2D eigenvalue weighted by atomic mass is 32.2. The molecule has 1 unspecified atom stereocenters. The van der Waals surface area contributed by atoms with Crippen molar-refractivity contribution in [2.24, 2.45) is 5.14 Å². The van der Waals surface area contributed by atoms with E-state index < -0.39 is 21.9 Å². The minimum Gasteiger partial charge on any atom is -0.241 e. The van der Waals surface area contributed by atoms with Crippen LogP contribution in [0.5, 0.6) is 0 Å². The quantitative estimate of drug-likeness (QED) is 0.796. The SMILES string of the molecule is NS(=O)(=O)CC(F)c1ccccc1. The van der Waals surface area contributed by atoms with E-state index in [9.17, 15) is 12.8 Å². The van der Waals surface area contributed by atoms with Crippen molar-refractivity contribution in [1.29, 1.82) is 0 Å². The summed E-state index contributed by atoms with van der Waals surface area (Å²) in [5, 5.41) is 4.71. The van der Waals surface area contributed by atoms with E-state index in [2.05, 4.69) is 0 Å². The van der Waals surface area contributed by atoms with Crippen LogP contribution in [0.3, 0.4) is 0 Å². The fourth-order valence-electron chi connectivity index (χ4n) is 0.962. The second-order valence-electron chi connectivity index (χ2n) is 2.71. The van der Waals surface area contributed by atoms with Gasteiger partial charge in [-0.3, -0.25) is 0 Å². The van der Waals surface area contributed by atoms with Crippen LogP contribution in [-0.2, 0) is 10.0 Å². The molecule has 3 nitrogen and oxygen atoms in total. The van der Waals surface area contributed by atoms with Gasteiger partial charge in [-0.25, -0.2) is 17.9 Å². The standard InChI is InChI=1S/C8H10FNO2S/c9-8(6-13(10,11)12)7-4-2-1-3-5-7/h1-5,8H,6H2,(H2,10,11,12). The van der Waals surface area contributed by atoms with E-state index in [0.717, 1.165) is 0 Å². The summed E-state index contributed by atoms with van der Waals surface area (Å²) in [6.07, 6.45) is -1.55. The average Bonchev–Trinajstić information content (AvgIpc) is 2.03. The molecule has 0 aliphatic heterocycles. The molecule has 5 heteroatoms. The molecule has 0 heterocycles. The molecule has 0 aliphatic carbocycles. The zero-order valence-electron chi connectivity index (χ0n) is 6.85. The van der Waals surface area contributed by atoms with E-state index in [1.165, 1.54) is 12.1 Å². The lowest BCUT2D eigenvalue weighted by Gasteiger charge is -2.05. The summed E-state index contributed by atoms with van der Waals surface area (Å²) >= 11 is 0. The summed E-state index contributed by atoms with van der Waals surface area (Å²) in [5.41, 5.74) is 0.330. The molecule has 0 aliphatic rings. The van der Waals surface area contributed by atoms with Crippen molar-refractivity contribution in [3.8, 4) is 0 Å². The molecule has 0 spiro atoms. The van der Waals surface area contributed by atoms with Crippen molar-refractivity contribution < 1.29 is 12.8 Å². The molecule has 0 saturated heterocycles. The fourth-order valence-corrected chi connectivity index (χ4v) is 1.56. The van der Waals surface area contributed by atoms with Crippen LogP contribution in [0.2, 0.25) is 0 Å². The molecule has 1 aromatic rings. The van der Waals surface area contributed by atoms with Crippen LogP contribution in [0.15, 0.2) is 30.3 Å². The average molecular weight is 203 g/mol. The van der Waals surface area contributed by atoms with Gasteiger partial charge in [-0.05, 0) is 5.56 Å². The number of hydrogen-bond donors (Lipinski definition) is 1. The van der Waals surface area contributed by atoms with E-state index in [1.807, 2.05) is 0 Å². The second-order valence-corrected chi connectivity index (χ2v) is 4.37. The summed E-state index contributed by atoms with van der Waals surface area (Å²) < 4.78 is 34.3. The smallest absolute Gasteiger partial charge is 0.212 e. The van der Waals surface area contributed by atoms with Crippen LogP contribution in [0.4, 0.5) is 4.39 Å². The van der Waals surface area contributed by atoms with Gasteiger partial charge in [0.25, 0.3) is 0 Å². The highest BCUT2D eigenvalue weighted by molar-refractivity contribution is 7.89. The Hall–Kier alpha value is -0.940. The third-order valence-electron chi connectivity index (χ3n) is 1.54. The van der Waals surface area contributed by atoms with Crippen molar-refractivity contribution >= 4 is 10.0 Å². The van der Waals surface area contributed by atoms with Crippen molar-refractivity contribution in [2.45, 2.75) is 6.17 Å². The Morgan fingerprint density at radius 3 is 2.31 bits per heavy atom. The van der Waals surface area contributed by atoms with E-state index in [-0.39, 0.29) is 0 Å². The number of sulfonamides is 1. The van der Waals surface area contributed by atoms with Gasteiger partial charge in [-0.1, -0.05) is 30.3 Å². The van der Waals surface area contributed by atoms with Crippen LogP contribution >= 0.6 is 0 Å². The minimum absolute atomic E-state index is 0.330. The van der Waals surface area contributed by atoms with Crippen LogP contribution in [0.1, 0.15) is 11.7 Å². The maximum absolute atomic E-state index is 13.2. The highest BCUT2D eigenvalue weighted by Crippen LogP contribution is 2.17. The van der Waals surface area contributed by atoms with Crippen molar-refractivity contribution in [2.75, 3.05) is 5.75 Å². The first-order valence-electron chi connectivity index (χ1n) is 3.68. The molecule has 1 aromatic carbocycles. The highest BCUT2D eigenvalue weighted by Gasteiger charge is 2.15. The number of nitrogens with two attached hydrogens (primary N) is 1. The van der Waals surface area contributed by atoms with E-state index in [0.29, 0.717) is 5.56 Å². The molecular formula is C8H10FNO2S. The molecule has 13 heavy (non-hydrogen) atoms. The molecule has 72 valence electrons. The summed E-state index contributed by atoms with van der Waals surface area (Å²) in [5.74, 6) is -0.670. The number of benzene rings is 1. The van der Waals surface area contributed by atoms with E-state index in [1.54, 1.807) is 18.2 Å². The number of alkyl halides is 1. The molecule has 2 N–H and O–H groups in total. The van der Waals surface area contributed by atoms with Crippen molar-refractivity contribution in [3.05, 3.63) is 35.9 Å². The summed E-state index contributed by atoms with van der Waals surface area (Å²) in [6.45, 7) is 0. The van der Waals surface area contributed by atoms with Crippen molar-refractivity contribution in [3.63, 3.8) is 0 Å². The number of hydrogen-bond acceptors (Lipinski definition) is 2. The zero-order valence-corrected chi connectivity index (χ0v) is 7.67. The molecule has 1 rings (SSSR count). The van der Waals surface area contributed by atoms with Gasteiger partial charge in [0, 0.05) is 0 Å². The van der Waals surface area contributed by atoms with Gasteiger partial charge >= 0.3 is 0 Å². The fraction of sp³-hybridized carbons (Fsp3) is 0.250. The van der Waals surface area contributed by atoms with Crippen molar-refractivity contribution in [1.82, 2.24) is 0 Å². The second kappa shape index (κ2) is 3.85. The van der Waals surface area contributed by atoms with Crippen LogP contribution < -0.4 is 5.14 Å². The lowest BCUT2D eigenvalue weighted by molar-refractivity contribution is 0.374. The normalized spacial score (nSPS) is 14.0. The van der Waals surface area contributed by atoms with Gasteiger partial charge in [-0.2, -0.15) is 0 Å². The van der Waals surface area contributed by atoms with Gasteiger partial charge in [0.15, 0.2) is 0 Å². The predicted octanol–water partition coefficient (Wildman–Crippen LogP) is 0.986. The first kappa shape index (κ1) is 10.1. The summed E-state index contributed by atoms with van der Waals surface area (Å²) in [4.78, 5) is 0. The first-order valence-corrected chi connectivity index (χ1v) is 5.40. The number of rotatable bonds is 3. The molecule has 0 saturated carbocycles. The Morgan fingerprint density at radius 2 is 1.85 bits per heavy atom. The molecular weight excluding hydrogens is 193 g/mol. The largest absolute Gasteiger partial charge is 0.241 e.